The fraction of sp³-hybridized carbons (Fsp3) is 0.833. The van der Waals surface area contributed by atoms with Crippen LogP contribution in [0, 0.1) is 22.0 Å². The van der Waals surface area contributed by atoms with E-state index in [0.717, 1.165) is 0 Å². The zero-order chi connectivity index (χ0) is 14.6. The largest absolute Gasteiger partial charge is 0.483 e. The summed E-state index contributed by atoms with van der Waals surface area (Å²) in [6.45, 7) is 5.60. The van der Waals surface area contributed by atoms with Crippen molar-refractivity contribution in [2.45, 2.75) is 32.9 Å². The molecule has 0 radical (unpaired) electrons. The smallest absolute Gasteiger partial charge is 0.210 e. The molecule has 7 nitrogen and oxygen atoms in total. The molecule has 0 aromatic rings. The highest BCUT2D eigenvalue weighted by atomic mass is 16.6. The van der Waals surface area contributed by atoms with E-state index in [1.807, 2.05) is 13.8 Å². The summed E-state index contributed by atoms with van der Waals surface area (Å²) in [6, 6.07) is -0.653. The zero-order valence-electron chi connectivity index (χ0n) is 12.0. The lowest BCUT2D eigenvalue weighted by atomic mass is 9.98. The Labute approximate surface area is 112 Å². The lowest BCUT2D eigenvalue weighted by Gasteiger charge is -2.28. The van der Waals surface area contributed by atoms with Gasteiger partial charge in [-0.15, -0.1) is 0 Å². The van der Waals surface area contributed by atoms with E-state index in [2.05, 4.69) is 9.98 Å². The van der Waals surface area contributed by atoms with Gasteiger partial charge in [0.2, 0.25) is 18.3 Å². The maximum absolute atomic E-state index is 10.6. The van der Waals surface area contributed by atoms with E-state index in [4.69, 9.17) is 9.47 Å². The number of hydrogen-bond donors (Lipinski definition) is 0. The molecule has 0 saturated heterocycles. The van der Waals surface area contributed by atoms with Crippen LogP contribution >= 0.6 is 0 Å². The van der Waals surface area contributed by atoms with Crippen molar-refractivity contribution in [2.24, 2.45) is 21.8 Å². The number of nitro groups is 1. The average molecular weight is 271 g/mol. The van der Waals surface area contributed by atoms with E-state index in [1.54, 1.807) is 6.92 Å². The maximum atomic E-state index is 10.6. The van der Waals surface area contributed by atoms with Gasteiger partial charge in [-0.25, -0.2) is 9.98 Å². The third-order valence-corrected chi connectivity index (χ3v) is 3.06. The Morgan fingerprint density at radius 2 is 1.63 bits per heavy atom. The molecule has 7 heteroatoms. The Kier molecular flexibility index (Phi) is 5.26. The van der Waals surface area contributed by atoms with Crippen LogP contribution in [0.1, 0.15) is 20.8 Å². The van der Waals surface area contributed by atoms with Crippen LogP contribution in [0.5, 0.6) is 0 Å². The van der Waals surface area contributed by atoms with Gasteiger partial charge < -0.3 is 9.47 Å². The van der Waals surface area contributed by atoms with Crippen LogP contribution in [0.3, 0.4) is 0 Å². The van der Waals surface area contributed by atoms with Crippen LogP contribution in [-0.2, 0) is 9.47 Å². The number of nitrogens with zero attached hydrogens (tertiary/aromatic N) is 3. The second-order valence-corrected chi connectivity index (χ2v) is 4.97. The molecule has 0 spiro atoms. The summed E-state index contributed by atoms with van der Waals surface area (Å²) in [5, 5.41) is 10.6. The van der Waals surface area contributed by atoms with Crippen LogP contribution in [0.2, 0.25) is 0 Å². The summed E-state index contributed by atoms with van der Waals surface area (Å²) in [5.74, 6) is 0.868. The molecule has 0 fully saturated rings. The maximum Gasteiger partial charge on any atom is 0.210 e. The Morgan fingerprint density at radius 1 is 1.16 bits per heavy atom. The van der Waals surface area contributed by atoms with Gasteiger partial charge in [-0.05, 0) is 5.92 Å². The monoisotopic (exact) mass is 271 g/mol. The third-order valence-electron chi connectivity index (χ3n) is 3.06. The normalized spacial score (nSPS) is 24.5. The minimum Gasteiger partial charge on any atom is -0.483 e. The van der Waals surface area contributed by atoms with E-state index in [-0.39, 0.29) is 29.3 Å². The van der Waals surface area contributed by atoms with Gasteiger partial charge in [-0.1, -0.05) is 20.8 Å². The standard InChI is InChI=1S/C12H21N3O4/c1-7(2)9-11(18-4)14-10(12(13-9)19-5)8(3)6-15(16)17/h7-10H,6H2,1-5H3/t8-,9?,10-/m0/s1. The van der Waals surface area contributed by atoms with Crippen LogP contribution in [-0.4, -0.2) is 49.6 Å². The van der Waals surface area contributed by atoms with Crippen LogP contribution in [0.25, 0.3) is 0 Å². The highest BCUT2D eigenvalue weighted by molar-refractivity contribution is 5.94. The number of hydrogen-bond acceptors (Lipinski definition) is 6. The van der Waals surface area contributed by atoms with Crippen molar-refractivity contribution in [3.63, 3.8) is 0 Å². The Hall–Kier alpha value is -1.66. The Bertz CT molecular complexity index is 392. The van der Waals surface area contributed by atoms with Crippen LogP contribution < -0.4 is 0 Å². The van der Waals surface area contributed by atoms with Crippen molar-refractivity contribution in [3.05, 3.63) is 10.1 Å². The van der Waals surface area contributed by atoms with Gasteiger partial charge in [0.15, 0.2) is 0 Å². The van der Waals surface area contributed by atoms with E-state index in [1.165, 1.54) is 14.2 Å². The molecule has 0 amide bonds. The predicted octanol–water partition coefficient (Wildman–Crippen LogP) is 1.40. The first kappa shape index (κ1) is 15.4. The SMILES string of the molecule is COC1=N[C@@H]([C@@H](C)C[N+](=O)[O-])C(OC)=NC1C(C)C. The highest BCUT2D eigenvalue weighted by Gasteiger charge is 2.35. The summed E-state index contributed by atoms with van der Waals surface area (Å²) < 4.78 is 10.5. The zero-order valence-corrected chi connectivity index (χ0v) is 12.0. The average Bonchev–Trinajstić information content (AvgIpc) is 2.35. The van der Waals surface area contributed by atoms with Crippen molar-refractivity contribution in [3.8, 4) is 0 Å². The van der Waals surface area contributed by atoms with Crippen molar-refractivity contribution in [1.82, 2.24) is 0 Å². The minimum atomic E-state index is -0.458. The van der Waals surface area contributed by atoms with Crippen molar-refractivity contribution in [1.29, 1.82) is 0 Å². The topological polar surface area (TPSA) is 86.3 Å². The summed E-state index contributed by atoms with van der Waals surface area (Å²) in [5.41, 5.74) is 0. The second kappa shape index (κ2) is 6.49. The van der Waals surface area contributed by atoms with Crippen molar-refractivity contribution >= 4 is 11.8 Å². The van der Waals surface area contributed by atoms with Gasteiger partial charge >= 0.3 is 0 Å². The Balaban J connectivity index is 3.01. The molecule has 0 N–H and O–H groups in total. The van der Waals surface area contributed by atoms with E-state index in [0.29, 0.717) is 11.8 Å². The van der Waals surface area contributed by atoms with Gasteiger partial charge in [0.1, 0.15) is 12.1 Å². The lowest BCUT2D eigenvalue weighted by molar-refractivity contribution is -0.487. The number of methoxy groups -OCH3 is 2. The van der Waals surface area contributed by atoms with Crippen LogP contribution in [0.15, 0.2) is 9.98 Å². The number of ether oxygens (including phenoxy) is 2. The Morgan fingerprint density at radius 3 is 2.05 bits per heavy atom. The van der Waals surface area contributed by atoms with E-state index < -0.39 is 6.04 Å². The molecular formula is C12H21N3O4. The fourth-order valence-electron chi connectivity index (χ4n) is 2.02. The molecule has 1 unspecified atom stereocenters. The molecule has 0 bridgehead atoms. The molecule has 1 aliphatic rings. The predicted molar refractivity (Wildman–Crippen MR) is 72.3 cm³/mol. The van der Waals surface area contributed by atoms with Gasteiger partial charge in [-0.3, -0.25) is 10.1 Å². The molecule has 1 rings (SSSR count). The molecule has 0 aromatic heterocycles. The quantitative estimate of drug-likeness (QED) is 0.571. The summed E-state index contributed by atoms with van der Waals surface area (Å²) >= 11 is 0. The summed E-state index contributed by atoms with van der Waals surface area (Å²) in [4.78, 5) is 19.2. The lowest BCUT2D eigenvalue weighted by Crippen LogP contribution is -2.41. The molecule has 3 atom stereocenters. The fourth-order valence-corrected chi connectivity index (χ4v) is 2.02. The summed E-state index contributed by atoms with van der Waals surface area (Å²) in [7, 11) is 3.05. The molecule has 0 aromatic carbocycles. The van der Waals surface area contributed by atoms with Crippen molar-refractivity contribution < 1.29 is 14.4 Å². The molecule has 0 saturated carbocycles. The molecular weight excluding hydrogens is 250 g/mol. The van der Waals surface area contributed by atoms with E-state index in [9.17, 15) is 10.1 Å². The number of aliphatic imine (C=N–C) groups is 2. The van der Waals surface area contributed by atoms with Crippen molar-refractivity contribution in [2.75, 3.05) is 20.8 Å². The third kappa shape index (κ3) is 3.65. The first-order valence-electron chi connectivity index (χ1n) is 6.25. The summed E-state index contributed by atoms with van der Waals surface area (Å²) in [6.07, 6.45) is 0. The van der Waals surface area contributed by atoms with Gasteiger partial charge in [0.05, 0.1) is 20.1 Å². The highest BCUT2D eigenvalue weighted by Crippen LogP contribution is 2.21. The molecule has 0 aliphatic carbocycles. The minimum absolute atomic E-state index is 0.181. The van der Waals surface area contributed by atoms with Gasteiger partial charge in [-0.2, -0.15) is 0 Å². The van der Waals surface area contributed by atoms with Gasteiger partial charge in [0, 0.05) is 4.92 Å². The van der Waals surface area contributed by atoms with Crippen LogP contribution in [0.4, 0.5) is 0 Å². The molecule has 19 heavy (non-hydrogen) atoms. The number of rotatable bonds is 4. The first-order valence-corrected chi connectivity index (χ1v) is 6.25. The second-order valence-electron chi connectivity index (χ2n) is 4.97. The molecule has 108 valence electrons. The molecule has 1 heterocycles. The van der Waals surface area contributed by atoms with E-state index >= 15 is 0 Å². The first-order chi connectivity index (χ1) is 8.90. The molecule has 1 aliphatic heterocycles. The van der Waals surface area contributed by atoms with Gasteiger partial charge in [0.25, 0.3) is 0 Å².